The minimum Gasteiger partial charge on any atom is -0.381 e. The molecule has 3 heteroatoms. The fourth-order valence-corrected chi connectivity index (χ4v) is 2.92. The van der Waals surface area contributed by atoms with Crippen LogP contribution in [0.1, 0.15) is 31.2 Å². The number of halogens is 1. The molecule has 0 amide bonds. The van der Waals surface area contributed by atoms with Crippen LogP contribution in [0.2, 0.25) is 0 Å². The van der Waals surface area contributed by atoms with Gasteiger partial charge in [-0.3, -0.25) is 0 Å². The highest BCUT2D eigenvalue weighted by atomic mass is 79.9. The zero-order valence-electron chi connectivity index (χ0n) is 12.0. The summed E-state index contributed by atoms with van der Waals surface area (Å²) in [4.78, 5) is 0. The SMILES string of the molecule is Brc1ccccc1CC(CNC1CC1)COCC1CC1. The largest absolute Gasteiger partial charge is 0.381 e. The molecule has 1 aromatic carbocycles. The molecule has 0 saturated heterocycles. The van der Waals surface area contributed by atoms with Crippen LogP contribution in [0.15, 0.2) is 28.7 Å². The second-order valence-electron chi connectivity index (χ2n) is 6.32. The number of rotatable bonds is 9. The Bertz CT molecular complexity index is 429. The van der Waals surface area contributed by atoms with Gasteiger partial charge in [0.25, 0.3) is 0 Å². The first-order chi connectivity index (χ1) is 9.81. The van der Waals surface area contributed by atoms with Crippen LogP contribution in [0, 0.1) is 11.8 Å². The van der Waals surface area contributed by atoms with Crippen LogP contribution in [0.5, 0.6) is 0 Å². The van der Waals surface area contributed by atoms with Gasteiger partial charge < -0.3 is 10.1 Å². The maximum Gasteiger partial charge on any atom is 0.0509 e. The van der Waals surface area contributed by atoms with Gasteiger partial charge in [-0.2, -0.15) is 0 Å². The van der Waals surface area contributed by atoms with Crippen molar-refractivity contribution in [3.05, 3.63) is 34.3 Å². The molecule has 2 saturated carbocycles. The number of ether oxygens (including phenoxy) is 1. The highest BCUT2D eigenvalue weighted by molar-refractivity contribution is 9.10. The van der Waals surface area contributed by atoms with Crippen LogP contribution in [0.4, 0.5) is 0 Å². The Kier molecular flexibility index (Phi) is 5.14. The molecule has 2 fully saturated rings. The van der Waals surface area contributed by atoms with E-state index in [0.717, 1.165) is 38.1 Å². The van der Waals surface area contributed by atoms with Crippen molar-refractivity contribution in [1.82, 2.24) is 5.32 Å². The monoisotopic (exact) mass is 337 g/mol. The Hall–Kier alpha value is -0.380. The summed E-state index contributed by atoms with van der Waals surface area (Å²) in [6.45, 7) is 2.93. The summed E-state index contributed by atoms with van der Waals surface area (Å²) in [5.74, 6) is 1.43. The molecule has 2 nitrogen and oxygen atoms in total. The van der Waals surface area contributed by atoms with Crippen molar-refractivity contribution in [3.63, 3.8) is 0 Å². The van der Waals surface area contributed by atoms with E-state index in [9.17, 15) is 0 Å². The van der Waals surface area contributed by atoms with E-state index in [2.05, 4.69) is 45.5 Å². The third kappa shape index (κ3) is 4.87. The number of hydrogen-bond donors (Lipinski definition) is 1. The van der Waals surface area contributed by atoms with Gasteiger partial charge in [-0.05, 0) is 55.6 Å². The van der Waals surface area contributed by atoms with Gasteiger partial charge in [-0.15, -0.1) is 0 Å². The standard InChI is InChI=1S/C17H24BrNO/c18-17-4-2-1-3-15(17)9-14(10-19-16-7-8-16)12-20-11-13-5-6-13/h1-4,13-14,16,19H,5-12H2. The van der Waals surface area contributed by atoms with Crippen LogP contribution in [-0.2, 0) is 11.2 Å². The van der Waals surface area contributed by atoms with Crippen molar-refractivity contribution < 1.29 is 4.74 Å². The smallest absolute Gasteiger partial charge is 0.0509 e. The maximum atomic E-state index is 5.93. The van der Waals surface area contributed by atoms with Crippen LogP contribution < -0.4 is 5.32 Å². The highest BCUT2D eigenvalue weighted by Gasteiger charge is 2.24. The lowest BCUT2D eigenvalue weighted by molar-refractivity contribution is 0.0905. The fourth-order valence-electron chi connectivity index (χ4n) is 2.47. The van der Waals surface area contributed by atoms with E-state index < -0.39 is 0 Å². The third-order valence-electron chi connectivity index (χ3n) is 4.14. The summed E-state index contributed by atoms with van der Waals surface area (Å²) in [5.41, 5.74) is 1.39. The summed E-state index contributed by atoms with van der Waals surface area (Å²) < 4.78 is 7.15. The summed E-state index contributed by atoms with van der Waals surface area (Å²) >= 11 is 3.66. The zero-order chi connectivity index (χ0) is 13.8. The van der Waals surface area contributed by atoms with Gasteiger partial charge in [0.05, 0.1) is 6.61 Å². The first-order valence-corrected chi connectivity index (χ1v) is 8.65. The second-order valence-corrected chi connectivity index (χ2v) is 7.18. The molecule has 1 unspecified atom stereocenters. The predicted molar refractivity (Wildman–Crippen MR) is 85.9 cm³/mol. The zero-order valence-corrected chi connectivity index (χ0v) is 13.6. The molecule has 0 spiro atoms. The maximum absolute atomic E-state index is 5.93. The third-order valence-corrected chi connectivity index (χ3v) is 4.92. The van der Waals surface area contributed by atoms with Gasteiger partial charge in [0, 0.05) is 23.7 Å². The van der Waals surface area contributed by atoms with Gasteiger partial charge in [0.2, 0.25) is 0 Å². The molecular formula is C17H24BrNO. The van der Waals surface area contributed by atoms with Gasteiger partial charge in [-0.25, -0.2) is 0 Å². The molecule has 3 rings (SSSR count). The van der Waals surface area contributed by atoms with Gasteiger partial charge >= 0.3 is 0 Å². The summed E-state index contributed by atoms with van der Waals surface area (Å²) in [5, 5.41) is 3.65. The summed E-state index contributed by atoms with van der Waals surface area (Å²) in [7, 11) is 0. The molecule has 1 atom stereocenters. The molecule has 0 bridgehead atoms. The lowest BCUT2D eigenvalue weighted by Gasteiger charge is -2.18. The predicted octanol–water partition coefficient (Wildman–Crippen LogP) is 3.79. The molecule has 1 aromatic rings. The average Bonchev–Trinajstić information content (AvgIpc) is 3.33. The summed E-state index contributed by atoms with van der Waals surface area (Å²) in [6, 6.07) is 9.33. The average molecular weight is 338 g/mol. The van der Waals surface area contributed by atoms with E-state index in [1.807, 2.05) is 0 Å². The van der Waals surface area contributed by atoms with Crippen LogP contribution in [0.25, 0.3) is 0 Å². The van der Waals surface area contributed by atoms with E-state index >= 15 is 0 Å². The van der Waals surface area contributed by atoms with E-state index in [-0.39, 0.29) is 0 Å². The minimum absolute atomic E-state index is 0.577. The quantitative estimate of drug-likeness (QED) is 0.740. The molecule has 110 valence electrons. The Morgan fingerprint density at radius 2 is 2.00 bits per heavy atom. The van der Waals surface area contributed by atoms with Gasteiger partial charge in [0.15, 0.2) is 0 Å². The first kappa shape index (κ1) is 14.6. The van der Waals surface area contributed by atoms with Crippen molar-refractivity contribution in [1.29, 1.82) is 0 Å². The molecule has 0 radical (unpaired) electrons. The van der Waals surface area contributed by atoms with Gasteiger partial charge in [-0.1, -0.05) is 34.1 Å². The van der Waals surface area contributed by atoms with Crippen molar-refractivity contribution in [2.75, 3.05) is 19.8 Å². The molecular weight excluding hydrogens is 314 g/mol. The van der Waals surface area contributed by atoms with Crippen LogP contribution >= 0.6 is 15.9 Å². The number of nitrogens with one attached hydrogen (secondary N) is 1. The van der Waals surface area contributed by atoms with Crippen molar-refractivity contribution >= 4 is 15.9 Å². The van der Waals surface area contributed by atoms with E-state index in [1.54, 1.807) is 0 Å². The van der Waals surface area contributed by atoms with E-state index in [1.165, 1.54) is 35.7 Å². The second kappa shape index (κ2) is 7.06. The molecule has 0 heterocycles. The topological polar surface area (TPSA) is 21.3 Å². The van der Waals surface area contributed by atoms with Crippen LogP contribution in [0.3, 0.4) is 0 Å². The van der Waals surface area contributed by atoms with E-state index in [4.69, 9.17) is 4.74 Å². The minimum atomic E-state index is 0.577. The molecule has 2 aliphatic carbocycles. The Morgan fingerprint density at radius 3 is 2.70 bits per heavy atom. The summed E-state index contributed by atoms with van der Waals surface area (Å²) in [6.07, 6.45) is 6.53. The van der Waals surface area contributed by atoms with Crippen LogP contribution in [-0.4, -0.2) is 25.8 Å². The molecule has 1 N–H and O–H groups in total. The first-order valence-electron chi connectivity index (χ1n) is 7.86. The van der Waals surface area contributed by atoms with Gasteiger partial charge in [0.1, 0.15) is 0 Å². The molecule has 2 aliphatic rings. The fraction of sp³-hybridized carbons (Fsp3) is 0.647. The van der Waals surface area contributed by atoms with E-state index in [0.29, 0.717) is 5.92 Å². The van der Waals surface area contributed by atoms with Crippen molar-refractivity contribution in [2.24, 2.45) is 11.8 Å². The Labute approximate surface area is 130 Å². The number of hydrogen-bond acceptors (Lipinski definition) is 2. The Morgan fingerprint density at radius 1 is 1.20 bits per heavy atom. The molecule has 0 aliphatic heterocycles. The normalized spacial score (nSPS) is 20.1. The van der Waals surface area contributed by atoms with Crippen molar-refractivity contribution in [2.45, 2.75) is 38.1 Å². The number of benzene rings is 1. The molecule has 20 heavy (non-hydrogen) atoms. The molecule has 0 aromatic heterocycles. The Balaban J connectivity index is 1.50. The van der Waals surface area contributed by atoms with Crippen molar-refractivity contribution in [3.8, 4) is 0 Å². The highest BCUT2D eigenvalue weighted by Crippen LogP contribution is 2.29. The lowest BCUT2D eigenvalue weighted by Crippen LogP contribution is -2.29. The lowest BCUT2D eigenvalue weighted by atomic mass is 10.00.